The van der Waals surface area contributed by atoms with E-state index in [0.29, 0.717) is 30.8 Å². The number of amides is 1. The Morgan fingerprint density at radius 2 is 2.05 bits per heavy atom. The van der Waals surface area contributed by atoms with Gasteiger partial charge in [0.05, 0.1) is 12.2 Å². The average Bonchev–Trinajstić information content (AvgIpc) is 2.55. The van der Waals surface area contributed by atoms with Crippen molar-refractivity contribution in [2.24, 2.45) is 0 Å². The molecule has 1 N–H and O–H groups in total. The van der Waals surface area contributed by atoms with Gasteiger partial charge in [-0.05, 0) is 30.7 Å². The molecular weight excluding hydrogens is 266 g/mol. The fraction of sp³-hybridized carbons (Fsp3) is 0.188. The van der Waals surface area contributed by atoms with E-state index in [1.807, 2.05) is 36.4 Å². The van der Waals surface area contributed by atoms with Crippen molar-refractivity contribution < 1.29 is 9.53 Å². The van der Waals surface area contributed by atoms with Gasteiger partial charge in [0.25, 0.3) is 5.91 Å². The number of para-hydroxylation sites is 1. The summed E-state index contributed by atoms with van der Waals surface area (Å²) in [6.07, 6.45) is 2.09. The number of nitriles is 1. The first-order chi connectivity index (χ1) is 10.3. The van der Waals surface area contributed by atoms with Gasteiger partial charge in [-0.3, -0.25) is 4.79 Å². The molecule has 0 unspecified atom stereocenters. The zero-order valence-corrected chi connectivity index (χ0v) is 11.5. The second kappa shape index (κ2) is 7.65. The normalized spacial score (nSPS) is 9.67. The van der Waals surface area contributed by atoms with E-state index >= 15 is 0 Å². The van der Waals surface area contributed by atoms with Crippen LogP contribution < -0.4 is 10.1 Å². The van der Waals surface area contributed by atoms with Crippen LogP contribution in [0.1, 0.15) is 22.5 Å². The summed E-state index contributed by atoms with van der Waals surface area (Å²) in [5.74, 6) is 0.566. The maximum Gasteiger partial charge on any atom is 0.269 e. The Kier molecular flexibility index (Phi) is 5.30. The van der Waals surface area contributed by atoms with Crippen LogP contribution >= 0.6 is 0 Å². The van der Waals surface area contributed by atoms with Crippen molar-refractivity contribution in [1.82, 2.24) is 10.3 Å². The largest absolute Gasteiger partial charge is 0.494 e. The summed E-state index contributed by atoms with van der Waals surface area (Å²) in [7, 11) is 0. The highest BCUT2D eigenvalue weighted by atomic mass is 16.5. The molecule has 0 bridgehead atoms. The fourth-order valence-electron chi connectivity index (χ4n) is 1.67. The first kappa shape index (κ1) is 14.5. The lowest BCUT2D eigenvalue weighted by atomic mass is 10.2. The summed E-state index contributed by atoms with van der Waals surface area (Å²) in [6.45, 7) is 1.04. The van der Waals surface area contributed by atoms with Gasteiger partial charge in [0.1, 0.15) is 17.5 Å². The number of carbonyl (C=O) groups is 1. The molecule has 0 aliphatic carbocycles. The van der Waals surface area contributed by atoms with Crippen molar-refractivity contribution >= 4 is 5.91 Å². The molecule has 2 aromatic rings. The van der Waals surface area contributed by atoms with Crippen molar-refractivity contribution in [3.8, 4) is 11.8 Å². The molecule has 0 saturated heterocycles. The number of hydrogen-bond acceptors (Lipinski definition) is 4. The predicted octanol–water partition coefficient (Wildman–Crippen LogP) is 2.15. The quantitative estimate of drug-likeness (QED) is 0.823. The molecule has 0 aliphatic rings. The van der Waals surface area contributed by atoms with E-state index in [0.717, 1.165) is 5.75 Å². The number of hydrogen-bond donors (Lipinski definition) is 1. The number of rotatable bonds is 6. The third-order valence-corrected chi connectivity index (χ3v) is 2.74. The fourth-order valence-corrected chi connectivity index (χ4v) is 1.67. The zero-order valence-electron chi connectivity index (χ0n) is 11.5. The van der Waals surface area contributed by atoms with Crippen LogP contribution in [-0.4, -0.2) is 24.0 Å². The molecule has 1 aromatic carbocycles. The number of ether oxygens (including phenoxy) is 1. The lowest BCUT2D eigenvalue weighted by Crippen LogP contribution is -2.26. The van der Waals surface area contributed by atoms with Crippen molar-refractivity contribution in [1.29, 1.82) is 5.26 Å². The van der Waals surface area contributed by atoms with E-state index in [4.69, 9.17) is 10.00 Å². The van der Waals surface area contributed by atoms with Crippen LogP contribution in [0, 0.1) is 11.3 Å². The summed E-state index contributed by atoms with van der Waals surface area (Å²) in [6, 6.07) is 14.6. The number of benzene rings is 1. The Morgan fingerprint density at radius 1 is 1.24 bits per heavy atom. The zero-order chi connectivity index (χ0) is 14.9. The number of pyridine rings is 1. The molecule has 0 aliphatic heterocycles. The summed E-state index contributed by atoms with van der Waals surface area (Å²) >= 11 is 0. The predicted molar refractivity (Wildman–Crippen MR) is 77.8 cm³/mol. The summed E-state index contributed by atoms with van der Waals surface area (Å²) < 4.78 is 5.52. The van der Waals surface area contributed by atoms with Gasteiger partial charge in [-0.15, -0.1) is 0 Å². The molecule has 0 spiro atoms. The Morgan fingerprint density at radius 3 is 2.71 bits per heavy atom. The van der Waals surface area contributed by atoms with E-state index in [2.05, 4.69) is 10.3 Å². The molecule has 1 heterocycles. The van der Waals surface area contributed by atoms with Crippen molar-refractivity contribution in [2.45, 2.75) is 6.42 Å². The van der Waals surface area contributed by atoms with Gasteiger partial charge in [-0.1, -0.05) is 18.2 Å². The van der Waals surface area contributed by atoms with Crippen LogP contribution in [0.25, 0.3) is 0 Å². The third kappa shape index (κ3) is 4.62. The number of nitrogens with one attached hydrogen (secondary N) is 1. The molecule has 1 aromatic heterocycles. The Bertz CT molecular complexity index is 618. The van der Waals surface area contributed by atoms with Gasteiger partial charge < -0.3 is 10.1 Å². The molecule has 106 valence electrons. The molecule has 0 atom stereocenters. The molecule has 0 fully saturated rings. The van der Waals surface area contributed by atoms with Crippen LogP contribution in [-0.2, 0) is 0 Å². The summed E-state index contributed by atoms with van der Waals surface area (Å²) in [5.41, 5.74) is 0.737. The summed E-state index contributed by atoms with van der Waals surface area (Å²) in [5, 5.41) is 11.4. The highest BCUT2D eigenvalue weighted by molar-refractivity contribution is 5.92. The Labute approximate surface area is 123 Å². The van der Waals surface area contributed by atoms with Crippen LogP contribution in [0.3, 0.4) is 0 Å². The smallest absolute Gasteiger partial charge is 0.269 e. The van der Waals surface area contributed by atoms with Crippen LogP contribution in [0.2, 0.25) is 0 Å². The lowest BCUT2D eigenvalue weighted by molar-refractivity contribution is 0.0946. The number of carbonyl (C=O) groups excluding carboxylic acids is 1. The molecule has 1 amide bonds. The van der Waals surface area contributed by atoms with Gasteiger partial charge in [-0.2, -0.15) is 5.26 Å². The van der Waals surface area contributed by atoms with Crippen LogP contribution in [0.15, 0.2) is 48.7 Å². The van der Waals surface area contributed by atoms with Crippen molar-refractivity contribution in [3.63, 3.8) is 0 Å². The highest BCUT2D eigenvalue weighted by Gasteiger charge is 2.06. The van der Waals surface area contributed by atoms with Crippen LogP contribution in [0.4, 0.5) is 0 Å². The molecule has 0 radical (unpaired) electrons. The molecule has 5 heteroatoms. The standard InChI is InChI=1S/C16H15N3O2/c17-11-13-7-8-15(19-12-13)16(20)18-9-4-10-21-14-5-2-1-3-6-14/h1-3,5-8,12H,4,9-10H2,(H,18,20). The van der Waals surface area contributed by atoms with E-state index < -0.39 is 0 Å². The molecular formula is C16H15N3O2. The minimum Gasteiger partial charge on any atom is -0.494 e. The first-order valence-corrected chi connectivity index (χ1v) is 6.62. The van der Waals surface area contributed by atoms with Crippen LogP contribution in [0.5, 0.6) is 5.75 Å². The minimum absolute atomic E-state index is 0.251. The second-order valence-electron chi connectivity index (χ2n) is 4.31. The van der Waals surface area contributed by atoms with Crippen molar-refractivity contribution in [2.75, 3.05) is 13.2 Å². The average molecular weight is 281 g/mol. The van der Waals surface area contributed by atoms with E-state index in [9.17, 15) is 4.79 Å². The lowest BCUT2D eigenvalue weighted by Gasteiger charge is -2.07. The highest BCUT2D eigenvalue weighted by Crippen LogP contribution is 2.08. The maximum absolute atomic E-state index is 11.8. The Balaban J connectivity index is 1.68. The first-order valence-electron chi connectivity index (χ1n) is 6.62. The van der Waals surface area contributed by atoms with Gasteiger partial charge in [0, 0.05) is 12.7 Å². The molecule has 21 heavy (non-hydrogen) atoms. The van der Waals surface area contributed by atoms with Gasteiger partial charge >= 0.3 is 0 Å². The van der Waals surface area contributed by atoms with E-state index in [-0.39, 0.29) is 5.91 Å². The summed E-state index contributed by atoms with van der Waals surface area (Å²) in [4.78, 5) is 15.7. The van der Waals surface area contributed by atoms with E-state index in [1.54, 1.807) is 6.07 Å². The third-order valence-electron chi connectivity index (χ3n) is 2.74. The second-order valence-corrected chi connectivity index (χ2v) is 4.31. The van der Waals surface area contributed by atoms with Gasteiger partial charge in [0.2, 0.25) is 0 Å². The monoisotopic (exact) mass is 281 g/mol. The number of aromatic nitrogens is 1. The topological polar surface area (TPSA) is 75.0 Å². The van der Waals surface area contributed by atoms with Gasteiger partial charge in [0.15, 0.2) is 0 Å². The molecule has 0 saturated carbocycles. The maximum atomic E-state index is 11.8. The molecule has 5 nitrogen and oxygen atoms in total. The van der Waals surface area contributed by atoms with Crippen molar-refractivity contribution in [3.05, 3.63) is 59.9 Å². The molecule has 2 rings (SSSR count). The van der Waals surface area contributed by atoms with Gasteiger partial charge in [-0.25, -0.2) is 4.98 Å². The van der Waals surface area contributed by atoms with E-state index in [1.165, 1.54) is 12.3 Å². The number of nitrogens with zero attached hydrogens (tertiary/aromatic N) is 2. The SMILES string of the molecule is N#Cc1ccc(C(=O)NCCCOc2ccccc2)nc1. The Hall–Kier alpha value is -2.87. The minimum atomic E-state index is -0.251.